The van der Waals surface area contributed by atoms with Crippen molar-refractivity contribution < 1.29 is 9.90 Å². The van der Waals surface area contributed by atoms with Crippen LogP contribution in [0.3, 0.4) is 0 Å². The second kappa shape index (κ2) is 4.94. The van der Waals surface area contributed by atoms with Gasteiger partial charge in [0.15, 0.2) is 0 Å². The summed E-state index contributed by atoms with van der Waals surface area (Å²) in [4.78, 5) is 12.7. The molecule has 1 amide bonds. The summed E-state index contributed by atoms with van der Waals surface area (Å²) in [6, 6.07) is 9.14. The Balaban J connectivity index is 2.77. The number of likely N-dealkylation sites (N-methyl/N-ethyl adjacent to an activating group) is 1. The Hall–Kier alpha value is -1.35. The van der Waals surface area contributed by atoms with Gasteiger partial charge in [0.05, 0.1) is 12.1 Å². The Morgan fingerprint density at radius 2 is 1.87 bits per heavy atom. The average molecular weight is 207 g/mol. The normalized spacial score (nSPS) is 14.4. The Morgan fingerprint density at radius 1 is 1.33 bits per heavy atom. The molecule has 0 aliphatic carbocycles. The van der Waals surface area contributed by atoms with Gasteiger partial charge in [0.25, 0.3) is 0 Å². The maximum atomic E-state index is 11.1. The maximum Gasteiger partial charge on any atom is 0.219 e. The summed E-state index contributed by atoms with van der Waals surface area (Å²) < 4.78 is 0. The van der Waals surface area contributed by atoms with Crippen LogP contribution in [-0.4, -0.2) is 29.0 Å². The van der Waals surface area contributed by atoms with Gasteiger partial charge in [0.2, 0.25) is 5.91 Å². The van der Waals surface area contributed by atoms with E-state index in [-0.39, 0.29) is 11.9 Å². The van der Waals surface area contributed by atoms with Gasteiger partial charge in [0, 0.05) is 14.0 Å². The number of carbonyl (C=O) groups is 1. The largest absolute Gasteiger partial charge is 0.386 e. The van der Waals surface area contributed by atoms with Gasteiger partial charge in [-0.15, -0.1) is 0 Å². The molecule has 0 aliphatic heterocycles. The van der Waals surface area contributed by atoms with E-state index in [1.807, 2.05) is 37.3 Å². The van der Waals surface area contributed by atoms with Crippen LogP contribution in [0.5, 0.6) is 0 Å². The van der Waals surface area contributed by atoms with E-state index in [4.69, 9.17) is 0 Å². The van der Waals surface area contributed by atoms with Crippen molar-refractivity contribution >= 4 is 5.91 Å². The van der Waals surface area contributed by atoms with Gasteiger partial charge in [-0.25, -0.2) is 0 Å². The smallest absolute Gasteiger partial charge is 0.219 e. The van der Waals surface area contributed by atoms with E-state index in [0.717, 1.165) is 5.56 Å². The number of benzene rings is 1. The molecular weight excluding hydrogens is 190 g/mol. The van der Waals surface area contributed by atoms with Crippen LogP contribution in [0.1, 0.15) is 25.5 Å². The summed E-state index contributed by atoms with van der Waals surface area (Å²) in [6.45, 7) is 3.33. The molecule has 2 atom stereocenters. The minimum atomic E-state index is -0.639. The molecule has 3 heteroatoms. The molecule has 0 heterocycles. The Labute approximate surface area is 90.3 Å². The Kier molecular flexibility index (Phi) is 3.86. The highest BCUT2D eigenvalue weighted by Gasteiger charge is 2.21. The summed E-state index contributed by atoms with van der Waals surface area (Å²) in [7, 11) is 1.69. The van der Waals surface area contributed by atoms with Crippen LogP contribution in [-0.2, 0) is 4.79 Å². The number of hydrogen-bond donors (Lipinski definition) is 1. The van der Waals surface area contributed by atoms with Crippen LogP contribution >= 0.6 is 0 Å². The number of hydrogen-bond acceptors (Lipinski definition) is 2. The molecule has 0 saturated carbocycles. The number of rotatable bonds is 3. The van der Waals surface area contributed by atoms with E-state index in [0.29, 0.717) is 0 Å². The molecular formula is C12H17NO2. The second-order valence-electron chi connectivity index (χ2n) is 3.73. The van der Waals surface area contributed by atoms with Crippen LogP contribution in [0.4, 0.5) is 0 Å². The molecule has 0 aliphatic rings. The van der Waals surface area contributed by atoms with Gasteiger partial charge in [-0.2, -0.15) is 0 Å². The predicted octanol–water partition coefficient (Wildman–Crippen LogP) is 1.59. The van der Waals surface area contributed by atoms with E-state index in [2.05, 4.69) is 0 Å². The van der Waals surface area contributed by atoms with Crippen LogP contribution < -0.4 is 0 Å². The van der Waals surface area contributed by atoms with Gasteiger partial charge < -0.3 is 10.0 Å². The minimum absolute atomic E-state index is 0.0440. The third-order valence-electron chi connectivity index (χ3n) is 2.71. The first-order valence-electron chi connectivity index (χ1n) is 5.00. The Bertz CT molecular complexity index is 324. The lowest BCUT2D eigenvalue weighted by atomic mass is 10.0. The lowest BCUT2D eigenvalue weighted by Gasteiger charge is -2.28. The molecule has 82 valence electrons. The molecule has 3 nitrogen and oxygen atoms in total. The zero-order valence-corrected chi connectivity index (χ0v) is 9.34. The predicted molar refractivity (Wildman–Crippen MR) is 59.3 cm³/mol. The molecule has 0 saturated heterocycles. The summed E-state index contributed by atoms with van der Waals surface area (Å²) in [5.74, 6) is -0.0440. The number of aliphatic hydroxyl groups excluding tert-OH is 1. The maximum absolute atomic E-state index is 11.1. The lowest BCUT2D eigenvalue weighted by Crippen LogP contribution is -2.37. The fourth-order valence-corrected chi connectivity index (χ4v) is 1.43. The quantitative estimate of drug-likeness (QED) is 0.817. The number of amides is 1. The monoisotopic (exact) mass is 207 g/mol. The topological polar surface area (TPSA) is 40.5 Å². The fraction of sp³-hybridized carbons (Fsp3) is 0.417. The summed E-state index contributed by atoms with van der Waals surface area (Å²) in [5.41, 5.74) is 0.832. The highest BCUT2D eigenvalue weighted by Crippen LogP contribution is 2.19. The molecule has 0 fully saturated rings. The van der Waals surface area contributed by atoms with Crippen LogP contribution in [0, 0.1) is 0 Å². The highest BCUT2D eigenvalue weighted by atomic mass is 16.3. The third-order valence-corrected chi connectivity index (χ3v) is 2.71. The number of nitrogens with zero attached hydrogens (tertiary/aromatic N) is 1. The molecule has 1 rings (SSSR count). The van der Waals surface area contributed by atoms with Crippen molar-refractivity contribution in [2.24, 2.45) is 0 Å². The van der Waals surface area contributed by atoms with Crippen LogP contribution in [0.2, 0.25) is 0 Å². The SMILES string of the molecule is CC(=O)N(C)C(C)C(O)c1ccccc1. The van der Waals surface area contributed by atoms with Crippen molar-refractivity contribution in [3.8, 4) is 0 Å². The van der Waals surface area contributed by atoms with Gasteiger partial charge in [-0.1, -0.05) is 30.3 Å². The molecule has 0 bridgehead atoms. The van der Waals surface area contributed by atoms with E-state index in [1.54, 1.807) is 7.05 Å². The van der Waals surface area contributed by atoms with Gasteiger partial charge >= 0.3 is 0 Å². The fourth-order valence-electron chi connectivity index (χ4n) is 1.43. The average Bonchev–Trinajstić information content (AvgIpc) is 2.27. The first kappa shape index (κ1) is 11.7. The molecule has 0 radical (unpaired) electrons. The zero-order chi connectivity index (χ0) is 11.4. The molecule has 1 N–H and O–H groups in total. The third kappa shape index (κ3) is 2.80. The second-order valence-corrected chi connectivity index (χ2v) is 3.73. The Morgan fingerprint density at radius 3 is 2.33 bits per heavy atom. The standard InChI is InChI=1S/C12H17NO2/c1-9(13(3)10(2)14)12(15)11-7-5-4-6-8-11/h4-9,12,15H,1-3H3. The zero-order valence-electron chi connectivity index (χ0n) is 9.34. The molecule has 15 heavy (non-hydrogen) atoms. The summed E-state index contributed by atoms with van der Waals surface area (Å²) in [5, 5.41) is 10.0. The van der Waals surface area contributed by atoms with Crippen LogP contribution in [0.15, 0.2) is 30.3 Å². The highest BCUT2D eigenvalue weighted by molar-refractivity contribution is 5.73. The van der Waals surface area contributed by atoms with E-state index < -0.39 is 6.10 Å². The first-order valence-corrected chi connectivity index (χ1v) is 5.00. The molecule has 0 spiro atoms. The molecule has 2 unspecified atom stereocenters. The molecule has 1 aromatic rings. The van der Waals surface area contributed by atoms with Crippen molar-refractivity contribution in [1.29, 1.82) is 0 Å². The minimum Gasteiger partial charge on any atom is -0.386 e. The summed E-state index contributed by atoms with van der Waals surface area (Å²) >= 11 is 0. The van der Waals surface area contributed by atoms with E-state index >= 15 is 0 Å². The van der Waals surface area contributed by atoms with Gasteiger partial charge in [0.1, 0.15) is 0 Å². The van der Waals surface area contributed by atoms with Crippen molar-refractivity contribution in [3.63, 3.8) is 0 Å². The van der Waals surface area contributed by atoms with Crippen molar-refractivity contribution in [2.45, 2.75) is 26.0 Å². The van der Waals surface area contributed by atoms with Crippen molar-refractivity contribution in [3.05, 3.63) is 35.9 Å². The number of carbonyl (C=O) groups excluding carboxylic acids is 1. The molecule has 0 aromatic heterocycles. The van der Waals surface area contributed by atoms with E-state index in [1.165, 1.54) is 11.8 Å². The first-order chi connectivity index (χ1) is 7.04. The van der Waals surface area contributed by atoms with Gasteiger partial charge in [-0.3, -0.25) is 4.79 Å². The lowest BCUT2D eigenvalue weighted by molar-refractivity contribution is -0.131. The number of aliphatic hydroxyl groups is 1. The van der Waals surface area contributed by atoms with Gasteiger partial charge in [-0.05, 0) is 12.5 Å². The summed E-state index contributed by atoms with van der Waals surface area (Å²) in [6.07, 6.45) is -0.639. The van der Waals surface area contributed by atoms with Crippen molar-refractivity contribution in [2.75, 3.05) is 7.05 Å². The molecule has 1 aromatic carbocycles. The van der Waals surface area contributed by atoms with E-state index in [9.17, 15) is 9.90 Å². The van der Waals surface area contributed by atoms with Crippen molar-refractivity contribution in [1.82, 2.24) is 4.90 Å². The van der Waals surface area contributed by atoms with Crippen LogP contribution in [0.25, 0.3) is 0 Å².